The quantitative estimate of drug-likeness (QED) is 0.799. The Bertz CT molecular complexity index is 560. The normalized spacial score (nSPS) is 10.2. The molecule has 0 aliphatic heterocycles. The summed E-state index contributed by atoms with van der Waals surface area (Å²) in [6, 6.07) is 7.52. The number of nitrogens with one attached hydrogen (secondary N) is 1. The number of thiophene rings is 1. The van der Waals surface area contributed by atoms with E-state index in [4.69, 9.17) is 5.73 Å². The number of hydrogen-bond donors (Lipinski definition) is 2. The lowest BCUT2D eigenvalue weighted by Gasteiger charge is -2.08. The molecule has 1 aromatic heterocycles. The summed E-state index contributed by atoms with van der Waals surface area (Å²) in [6.07, 6.45) is 0. The first kappa shape index (κ1) is 11.7. The molecule has 3 nitrogen and oxygen atoms in total. The average Bonchev–Trinajstić information content (AvgIpc) is 2.68. The molecular weight excluding hydrogens is 232 g/mol. The Labute approximate surface area is 104 Å². The molecule has 0 bridgehead atoms. The summed E-state index contributed by atoms with van der Waals surface area (Å²) in [4.78, 5) is 12.7. The summed E-state index contributed by atoms with van der Waals surface area (Å²) in [5.74, 6) is -0.104. The molecular formula is C13H14N2OS. The molecule has 2 aromatic rings. The van der Waals surface area contributed by atoms with E-state index in [0.717, 1.165) is 16.0 Å². The van der Waals surface area contributed by atoms with Crippen molar-refractivity contribution in [2.45, 2.75) is 13.8 Å². The van der Waals surface area contributed by atoms with Gasteiger partial charge in [-0.2, -0.15) is 0 Å². The van der Waals surface area contributed by atoms with Crippen molar-refractivity contribution in [2.24, 2.45) is 0 Å². The van der Waals surface area contributed by atoms with Crippen LogP contribution in [0.2, 0.25) is 0 Å². The van der Waals surface area contributed by atoms with E-state index in [9.17, 15) is 4.79 Å². The van der Waals surface area contributed by atoms with Crippen LogP contribution in [0.5, 0.6) is 0 Å². The van der Waals surface area contributed by atoms with Crippen LogP contribution in [0.3, 0.4) is 0 Å². The molecule has 88 valence electrons. The average molecular weight is 246 g/mol. The first-order valence-corrected chi connectivity index (χ1v) is 6.17. The van der Waals surface area contributed by atoms with Gasteiger partial charge in [-0.25, -0.2) is 0 Å². The number of rotatable bonds is 2. The molecule has 0 radical (unpaired) electrons. The van der Waals surface area contributed by atoms with Gasteiger partial charge in [0.25, 0.3) is 5.91 Å². The van der Waals surface area contributed by atoms with Crippen molar-refractivity contribution in [3.63, 3.8) is 0 Å². The Morgan fingerprint density at radius 1 is 1.29 bits per heavy atom. The van der Waals surface area contributed by atoms with E-state index in [2.05, 4.69) is 5.32 Å². The highest BCUT2D eigenvalue weighted by atomic mass is 32.1. The van der Waals surface area contributed by atoms with Crippen LogP contribution in [-0.4, -0.2) is 5.91 Å². The second-order valence-electron chi connectivity index (χ2n) is 3.98. The molecule has 0 atom stereocenters. The van der Waals surface area contributed by atoms with E-state index in [1.165, 1.54) is 11.3 Å². The fraction of sp³-hybridized carbons (Fsp3) is 0.154. The van der Waals surface area contributed by atoms with Gasteiger partial charge in [0.1, 0.15) is 0 Å². The Morgan fingerprint density at radius 2 is 2.06 bits per heavy atom. The first-order valence-electron chi connectivity index (χ1n) is 5.29. The summed E-state index contributed by atoms with van der Waals surface area (Å²) in [5, 5.41) is 4.73. The van der Waals surface area contributed by atoms with Crippen LogP contribution < -0.4 is 11.1 Å². The Morgan fingerprint density at radius 3 is 2.65 bits per heavy atom. The molecule has 0 fully saturated rings. The maximum Gasteiger partial charge on any atom is 0.266 e. The third-order valence-corrected chi connectivity index (χ3v) is 3.54. The molecule has 0 aliphatic rings. The maximum absolute atomic E-state index is 12.0. The van der Waals surface area contributed by atoms with Crippen molar-refractivity contribution in [3.05, 3.63) is 45.6 Å². The molecule has 4 heteroatoms. The SMILES string of the molecule is Cc1ccc(NC(=O)c2sccc2C)c(N)c1. The third kappa shape index (κ3) is 2.47. The van der Waals surface area contributed by atoms with Crippen LogP contribution in [0.25, 0.3) is 0 Å². The Kier molecular flexibility index (Phi) is 3.15. The predicted molar refractivity (Wildman–Crippen MR) is 72.6 cm³/mol. The van der Waals surface area contributed by atoms with Crippen molar-refractivity contribution in [3.8, 4) is 0 Å². The highest BCUT2D eigenvalue weighted by Gasteiger charge is 2.11. The monoisotopic (exact) mass is 246 g/mol. The molecule has 1 amide bonds. The van der Waals surface area contributed by atoms with Gasteiger partial charge in [-0.1, -0.05) is 6.07 Å². The van der Waals surface area contributed by atoms with Crippen LogP contribution in [0, 0.1) is 13.8 Å². The fourth-order valence-electron chi connectivity index (χ4n) is 1.58. The van der Waals surface area contributed by atoms with Crippen molar-refractivity contribution in [1.29, 1.82) is 0 Å². The van der Waals surface area contributed by atoms with Crippen molar-refractivity contribution < 1.29 is 4.79 Å². The second kappa shape index (κ2) is 4.59. The van der Waals surface area contributed by atoms with E-state index in [1.54, 1.807) is 0 Å². The summed E-state index contributed by atoms with van der Waals surface area (Å²) in [7, 11) is 0. The summed E-state index contributed by atoms with van der Waals surface area (Å²) in [6.45, 7) is 3.88. The zero-order valence-electron chi connectivity index (χ0n) is 9.78. The van der Waals surface area contributed by atoms with Gasteiger partial charge in [0, 0.05) is 0 Å². The van der Waals surface area contributed by atoms with Gasteiger partial charge in [0.2, 0.25) is 0 Å². The Balaban J connectivity index is 2.22. The molecule has 0 spiro atoms. The van der Waals surface area contributed by atoms with Gasteiger partial charge in [0.05, 0.1) is 16.3 Å². The lowest BCUT2D eigenvalue weighted by atomic mass is 10.2. The number of aryl methyl sites for hydroxylation is 2. The Hall–Kier alpha value is -1.81. The van der Waals surface area contributed by atoms with Crippen LogP contribution in [0.1, 0.15) is 20.8 Å². The van der Waals surface area contributed by atoms with Crippen LogP contribution >= 0.6 is 11.3 Å². The van der Waals surface area contributed by atoms with Crippen LogP contribution in [0.4, 0.5) is 11.4 Å². The lowest BCUT2D eigenvalue weighted by Crippen LogP contribution is -2.12. The lowest BCUT2D eigenvalue weighted by molar-refractivity contribution is 0.103. The number of benzene rings is 1. The van der Waals surface area contributed by atoms with Crippen molar-refractivity contribution in [1.82, 2.24) is 0 Å². The van der Waals surface area contributed by atoms with E-state index in [-0.39, 0.29) is 5.91 Å². The largest absolute Gasteiger partial charge is 0.397 e. The van der Waals surface area contributed by atoms with Gasteiger partial charge in [0.15, 0.2) is 0 Å². The number of carbonyl (C=O) groups is 1. The van der Waals surface area contributed by atoms with E-state index >= 15 is 0 Å². The zero-order valence-corrected chi connectivity index (χ0v) is 10.6. The molecule has 0 aliphatic carbocycles. The van der Waals surface area contributed by atoms with E-state index in [0.29, 0.717) is 11.4 Å². The van der Waals surface area contributed by atoms with Gasteiger partial charge >= 0.3 is 0 Å². The van der Waals surface area contributed by atoms with E-state index in [1.807, 2.05) is 43.5 Å². The number of nitrogens with two attached hydrogens (primary N) is 1. The maximum atomic E-state index is 12.0. The topological polar surface area (TPSA) is 55.1 Å². The summed E-state index contributed by atoms with van der Waals surface area (Å²) < 4.78 is 0. The molecule has 1 aromatic carbocycles. The number of hydrogen-bond acceptors (Lipinski definition) is 3. The second-order valence-corrected chi connectivity index (χ2v) is 4.89. The van der Waals surface area contributed by atoms with Crippen LogP contribution in [0.15, 0.2) is 29.6 Å². The molecule has 2 rings (SSSR count). The zero-order chi connectivity index (χ0) is 12.4. The van der Waals surface area contributed by atoms with Crippen molar-refractivity contribution in [2.75, 3.05) is 11.1 Å². The molecule has 0 unspecified atom stereocenters. The molecule has 1 heterocycles. The van der Waals surface area contributed by atoms with Gasteiger partial charge < -0.3 is 11.1 Å². The van der Waals surface area contributed by atoms with E-state index < -0.39 is 0 Å². The molecule has 17 heavy (non-hydrogen) atoms. The minimum Gasteiger partial charge on any atom is -0.397 e. The highest BCUT2D eigenvalue weighted by molar-refractivity contribution is 7.12. The highest BCUT2D eigenvalue weighted by Crippen LogP contribution is 2.22. The number of carbonyl (C=O) groups excluding carboxylic acids is 1. The number of anilines is 2. The summed E-state index contributed by atoms with van der Waals surface area (Å²) in [5.41, 5.74) is 9.16. The minimum absolute atomic E-state index is 0.104. The third-order valence-electron chi connectivity index (χ3n) is 2.52. The van der Waals surface area contributed by atoms with Gasteiger partial charge in [-0.05, 0) is 48.6 Å². The molecule has 3 N–H and O–H groups in total. The van der Waals surface area contributed by atoms with Gasteiger partial charge in [-0.15, -0.1) is 11.3 Å². The smallest absolute Gasteiger partial charge is 0.266 e. The first-order chi connectivity index (χ1) is 8.08. The molecule has 0 saturated carbocycles. The van der Waals surface area contributed by atoms with Crippen molar-refractivity contribution >= 4 is 28.6 Å². The standard InChI is InChI=1S/C13H14N2OS/c1-8-3-4-11(10(14)7-8)15-13(16)12-9(2)5-6-17-12/h3-7H,14H2,1-2H3,(H,15,16). The van der Waals surface area contributed by atoms with Gasteiger partial charge in [-0.3, -0.25) is 4.79 Å². The number of nitrogen functional groups attached to an aromatic ring is 1. The number of amides is 1. The summed E-state index contributed by atoms with van der Waals surface area (Å²) >= 11 is 1.43. The predicted octanol–water partition coefficient (Wildman–Crippen LogP) is 3.20. The minimum atomic E-state index is -0.104. The fourth-order valence-corrected chi connectivity index (χ4v) is 2.40. The molecule has 0 saturated heterocycles. The van der Waals surface area contributed by atoms with Crippen LogP contribution in [-0.2, 0) is 0 Å².